The van der Waals surface area contributed by atoms with Gasteiger partial charge in [0.25, 0.3) is 0 Å². The van der Waals surface area contributed by atoms with E-state index >= 15 is 0 Å². The first-order chi connectivity index (χ1) is 37.0. The van der Waals surface area contributed by atoms with Crippen LogP contribution in [-0.4, -0.2) is 74.9 Å². The van der Waals surface area contributed by atoms with Crippen molar-refractivity contribution in [2.45, 2.75) is 341 Å². The number of esters is 2. The number of hydrogen-bond donors (Lipinski definition) is 1. The second-order valence-electron chi connectivity index (χ2n) is 23.9. The van der Waals surface area contributed by atoms with Gasteiger partial charge in [-0.3, -0.25) is 18.6 Å². The number of unbranched alkanes of at least 4 members (excludes halogenated alkanes) is 44. The third-order valence-corrected chi connectivity index (χ3v) is 16.0. The highest BCUT2D eigenvalue weighted by atomic mass is 31.2. The van der Waals surface area contributed by atoms with Crippen LogP contribution in [0.2, 0.25) is 0 Å². The molecule has 0 aliphatic carbocycles. The molecule has 0 aromatic rings. The highest BCUT2D eigenvalue weighted by molar-refractivity contribution is 7.47. The fourth-order valence-corrected chi connectivity index (χ4v) is 10.6. The molecule has 0 aliphatic heterocycles. The van der Waals surface area contributed by atoms with Gasteiger partial charge in [0, 0.05) is 12.8 Å². The summed E-state index contributed by atoms with van der Waals surface area (Å²) in [7, 11) is 1.48. The van der Waals surface area contributed by atoms with Crippen molar-refractivity contribution in [3.8, 4) is 0 Å². The average Bonchev–Trinajstić information content (AvgIpc) is 3.38. The number of rotatable bonds is 62. The Hall–Kier alpha value is -1.51. The van der Waals surface area contributed by atoms with Crippen LogP contribution in [0.1, 0.15) is 335 Å². The standard InChI is InChI=1S/C66H128NO8P/c1-6-8-10-12-14-16-18-20-22-23-24-25-26-27-28-29-30-31-32-33-34-35-36-37-38-39-40-41-42-43-44-45-47-48-50-52-54-56-58-65(68)72-62-64(63-74-76(70,71)73-61-60-67(3,4)5)75-66(69)59-57-55-53-51-49-46-21-19-17-15-13-11-9-7-2/h13,15,19,21,64H,6-12,14,16-18,20,22-63H2,1-5H3/p+1/b15-13-,21-19-. The Morgan fingerprint density at radius 1 is 0.408 bits per heavy atom. The molecule has 0 fully saturated rings. The predicted octanol–water partition coefficient (Wildman–Crippen LogP) is 20.9. The highest BCUT2D eigenvalue weighted by Crippen LogP contribution is 2.43. The van der Waals surface area contributed by atoms with Gasteiger partial charge in [-0.25, -0.2) is 4.57 Å². The van der Waals surface area contributed by atoms with Crippen LogP contribution in [0, 0.1) is 0 Å². The summed E-state index contributed by atoms with van der Waals surface area (Å²) in [5, 5.41) is 0. The quantitative estimate of drug-likeness (QED) is 0.0211. The summed E-state index contributed by atoms with van der Waals surface area (Å²) < 4.78 is 34.5. The first kappa shape index (κ1) is 74.5. The van der Waals surface area contributed by atoms with E-state index in [0.29, 0.717) is 23.9 Å². The van der Waals surface area contributed by atoms with Gasteiger partial charge in [-0.05, 0) is 38.5 Å². The molecule has 0 amide bonds. The van der Waals surface area contributed by atoms with Gasteiger partial charge in [-0.15, -0.1) is 0 Å². The summed E-state index contributed by atoms with van der Waals surface area (Å²) in [5.41, 5.74) is 0. The van der Waals surface area contributed by atoms with E-state index in [1.165, 1.54) is 238 Å². The van der Waals surface area contributed by atoms with Crippen molar-refractivity contribution in [2.24, 2.45) is 0 Å². The lowest BCUT2D eigenvalue weighted by molar-refractivity contribution is -0.870. The lowest BCUT2D eigenvalue weighted by atomic mass is 10.0. The Morgan fingerprint density at radius 2 is 0.724 bits per heavy atom. The number of carbonyl (C=O) groups excluding carboxylic acids is 2. The number of ether oxygens (including phenoxy) is 2. The van der Waals surface area contributed by atoms with Crippen molar-refractivity contribution < 1.29 is 42.1 Å². The Morgan fingerprint density at radius 3 is 1.08 bits per heavy atom. The Balaban J connectivity index is 3.84. The second kappa shape index (κ2) is 58.2. The summed E-state index contributed by atoms with van der Waals surface area (Å²) in [5.74, 6) is -0.799. The number of nitrogens with zero attached hydrogens (tertiary/aromatic N) is 1. The van der Waals surface area contributed by atoms with Crippen LogP contribution < -0.4 is 0 Å². The molecule has 0 heterocycles. The third-order valence-electron chi connectivity index (χ3n) is 15.0. The van der Waals surface area contributed by atoms with Crippen LogP contribution in [0.5, 0.6) is 0 Å². The van der Waals surface area contributed by atoms with Gasteiger partial charge < -0.3 is 18.9 Å². The first-order valence-corrected chi connectivity index (χ1v) is 34.6. The summed E-state index contributed by atoms with van der Waals surface area (Å²) in [6, 6.07) is 0. The number of hydrogen-bond acceptors (Lipinski definition) is 7. The molecule has 0 radical (unpaired) electrons. The Bertz CT molecular complexity index is 1330. The average molecular weight is 1100 g/mol. The molecule has 0 aliphatic rings. The van der Waals surface area contributed by atoms with Gasteiger partial charge in [0.2, 0.25) is 0 Å². The molecule has 0 bridgehead atoms. The minimum absolute atomic E-state index is 0.0310. The van der Waals surface area contributed by atoms with Crippen LogP contribution in [0.4, 0.5) is 0 Å². The molecular formula is C66H129NO8P+. The van der Waals surface area contributed by atoms with E-state index in [-0.39, 0.29) is 25.6 Å². The third kappa shape index (κ3) is 61.7. The maximum Gasteiger partial charge on any atom is 0.472 e. The van der Waals surface area contributed by atoms with Gasteiger partial charge >= 0.3 is 19.8 Å². The fourth-order valence-electron chi connectivity index (χ4n) is 9.86. The molecule has 0 aromatic heterocycles. The molecule has 76 heavy (non-hydrogen) atoms. The van der Waals surface area contributed by atoms with Crippen LogP contribution >= 0.6 is 7.82 Å². The topological polar surface area (TPSA) is 108 Å². The second-order valence-corrected chi connectivity index (χ2v) is 25.3. The van der Waals surface area contributed by atoms with Gasteiger partial charge in [0.05, 0.1) is 27.7 Å². The van der Waals surface area contributed by atoms with Crippen molar-refractivity contribution in [3.63, 3.8) is 0 Å². The number of allylic oxidation sites excluding steroid dienone is 4. The Kier molecular flexibility index (Phi) is 57.0. The molecule has 0 saturated carbocycles. The maximum absolute atomic E-state index is 12.8. The maximum atomic E-state index is 12.8. The zero-order valence-electron chi connectivity index (χ0n) is 51.3. The van der Waals surface area contributed by atoms with Crippen molar-refractivity contribution in [1.29, 1.82) is 0 Å². The lowest BCUT2D eigenvalue weighted by Crippen LogP contribution is -2.37. The van der Waals surface area contributed by atoms with E-state index in [9.17, 15) is 19.0 Å². The largest absolute Gasteiger partial charge is 0.472 e. The van der Waals surface area contributed by atoms with E-state index in [4.69, 9.17) is 18.5 Å². The zero-order valence-corrected chi connectivity index (χ0v) is 52.2. The number of carbonyl (C=O) groups is 2. The normalized spacial score (nSPS) is 13.3. The van der Waals surface area contributed by atoms with Crippen molar-refractivity contribution in [2.75, 3.05) is 47.5 Å². The van der Waals surface area contributed by atoms with Crippen LogP contribution in [0.15, 0.2) is 24.3 Å². The summed E-state index contributed by atoms with van der Waals surface area (Å²) in [4.78, 5) is 35.7. The minimum Gasteiger partial charge on any atom is -0.462 e. The SMILES string of the molecule is CCCC/C=C\C/C=C\CCCCCCCC(=O)OC(COC(=O)CCCCCCCCCCCCCCCCCCCCCCCCCCCCCCCCCCCCCCCC)COP(=O)(O)OCC[N+](C)(C)C. The molecule has 9 nitrogen and oxygen atoms in total. The number of phosphoric acid groups is 1. The molecular weight excluding hydrogens is 966 g/mol. The number of quaternary nitrogens is 1. The summed E-state index contributed by atoms with van der Waals surface area (Å²) in [6.07, 6.45) is 71.7. The van der Waals surface area contributed by atoms with E-state index in [2.05, 4.69) is 38.2 Å². The molecule has 2 atom stereocenters. The van der Waals surface area contributed by atoms with Crippen LogP contribution in [0.3, 0.4) is 0 Å². The zero-order chi connectivity index (χ0) is 55.6. The summed E-state index contributed by atoms with van der Waals surface area (Å²) >= 11 is 0. The van der Waals surface area contributed by atoms with Crippen LogP contribution in [-0.2, 0) is 32.7 Å². The van der Waals surface area contributed by atoms with Gasteiger partial charge in [-0.1, -0.05) is 308 Å². The molecule has 0 rings (SSSR count). The highest BCUT2D eigenvalue weighted by Gasteiger charge is 2.27. The first-order valence-electron chi connectivity index (χ1n) is 33.1. The van der Waals surface area contributed by atoms with Gasteiger partial charge in [-0.2, -0.15) is 0 Å². The van der Waals surface area contributed by atoms with Crippen molar-refractivity contribution >= 4 is 19.8 Å². The predicted molar refractivity (Wildman–Crippen MR) is 326 cm³/mol. The molecule has 2 unspecified atom stereocenters. The molecule has 0 aromatic carbocycles. The fraction of sp³-hybridized carbons (Fsp3) is 0.909. The van der Waals surface area contributed by atoms with E-state index < -0.39 is 26.5 Å². The smallest absolute Gasteiger partial charge is 0.462 e. The lowest BCUT2D eigenvalue weighted by Gasteiger charge is -2.24. The van der Waals surface area contributed by atoms with E-state index in [1.54, 1.807) is 0 Å². The van der Waals surface area contributed by atoms with E-state index in [1.807, 2.05) is 21.1 Å². The van der Waals surface area contributed by atoms with Gasteiger partial charge in [0.15, 0.2) is 6.10 Å². The molecule has 450 valence electrons. The van der Waals surface area contributed by atoms with Crippen molar-refractivity contribution in [3.05, 3.63) is 24.3 Å². The minimum atomic E-state index is -4.38. The number of phosphoric ester groups is 1. The summed E-state index contributed by atoms with van der Waals surface area (Å²) in [6.45, 7) is 4.42. The molecule has 1 N–H and O–H groups in total. The molecule has 10 heteroatoms. The van der Waals surface area contributed by atoms with E-state index in [0.717, 1.165) is 64.2 Å². The Labute approximate surface area is 472 Å². The van der Waals surface area contributed by atoms with Crippen molar-refractivity contribution in [1.82, 2.24) is 0 Å². The monoisotopic (exact) mass is 1090 g/mol. The van der Waals surface area contributed by atoms with Gasteiger partial charge in [0.1, 0.15) is 19.8 Å². The van der Waals surface area contributed by atoms with Crippen LogP contribution in [0.25, 0.3) is 0 Å². The molecule has 0 spiro atoms. The number of likely N-dealkylation sites (N-methyl/N-ethyl adjacent to an activating group) is 1. The molecule has 0 saturated heterocycles.